The highest BCUT2D eigenvalue weighted by atomic mass is 15.0. The number of pyridine rings is 2. The molecule has 0 aliphatic heterocycles. The average molecular weight is 401 g/mol. The summed E-state index contributed by atoms with van der Waals surface area (Å²) in [6, 6.07) is 28.7. The van der Waals surface area contributed by atoms with Crippen LogP contribution in [0.3, 0.4) is 0 Å². The SMILES string of the molecule is c1ccn2cc(-c3ccc(Nc4ccc(-c5cn6ccccc6n5)cc4)cc3)nc2c1. The van der Waals surface area contributed by atoms with Gasteiger partial charge in [-0.3, -0.25) is 0 Å². The second kappa shape index (κ2) is 7.15. The summed E-state index contributed by atoms with van der Waals surface area (Å²) in [5.41, 5.74) is 8.09. The van der Waals surface area contributed by atoms with Crippen LogP contribution >= 0.6 is 0 Å². The van der Waals surface area contributed by atoms with Crippen molar-refractivity contribution in [3.8, 4) is 22.5 Å². The molecule has 2 aromatic carbocycles. The minimum atomic E-state index is 0.949. The van der Waals surface area contributed by atoms with Crippen molar-refractivity contribution in [3.63, 3.8) is 0 Å². The monoisotopic (exact) mass is 401 g/mol. The average Bonchev–Trinajstić information content (AvgIpc) is 3.44. The van der Waals surface area contributed by atoms with Crippen LogP contribution in [-0.4, -0.2) is 18.8 Å². The number of fused-ring (bicyclic) bond motifs is 2. The Labute approximate surface area is 179 Å². The first-order chi connectivity index (χ1) is 15.3. The lowest BCUT2D eigenvalue weighted by atomic mass is 10.1. The topological polar surface area (TPSA) is 46.6 Å². The molecule has 0 saturated carbocycles. The number of hydrogen-bond acceptors (Lipinski definition) is 3. The standard InChI is InChI=1S/C26H19N5/c1-3-15-30-17-23(28-25(30)5-1)19-7-11-21(12-8-19)27-22-13-9-20(10-14-22)24-18-31-16-4-2-6-26(31)29-24/h1-18,27H. The van der Waals surface area contributed by atoms with Crippen LogP contribution in [0.1, 0.15) is 0 Å². The predicted molar refractivity (Wildman–Crippen MR) is 125 cm³/mol. The van der Waals surface area contributed by atoms with Crippen molar-refractivity contribution in [2.75, 3.05) is 5.32 Å². The molecule has 5 heteroatoms. The van der Waals surface area contributed by atoms with Crippen LogP contribution in [0.25, 0.3) is 33.8 Å². The molecule has 0 aliphatic rings. The van der Waals surface area contributed by atoms with Gasteiger partial charge in [0.25, 0.3) is 0 Å². The van der Waals surface area contributed by atoms with Crippen LogP contribution in [-0.2, 0) is 0 Å². The number of hydrogen-bond donors (Lipinski definition) is 1. The van der Waals surface area contributed by atoms with Crippen molar-refractivity contribution in [1.82, 2.24) is 18.8 Å². The molecule has 4 heterocycles. The molecular formula is C26H19N5. The highest BCUT2D eigenvalue weighted by molar-refractivity contribution is 5.70. The second-order valence-corrected chi connectivity index (χ2v) is 7.46. The molecule has 0 radical (unpaired) electrons. The zero-order chi connectivity index (χ0) is 20.6. The lowest BCUT2D eigenvalue weighted by molar-refractivity contribution is 1.19. The van der Waals surface area contributed by atoms with E-state index in [0.29, 0.717) is 0 Å². The molecule has 0 bridgehead atoms. The summed E-state index contributed by atoms with van der Waals surface area (Å²) in [4.78, 5) is 9.37. The Morgan fingerprint density at radius 3 is 1.39 bits per heavy atom. The summed E-state index contributed by atoms with van der Waals surface area (Å²) >= 11 is 0. The minimum absolute atomic E-state index is 0.949. The van der Waals surface area contributed by atoms with Crippen molar-refractivity contribution in [3.05, 3.63) is 110 Å². The molecule has 1 N–H and O–H groups in total. The van der Waals surface area contributed by atoms with E-state index in [1.165, 1.54) is 0 Å². The van der Waals surface area contributed by atoms with E-state index in [2.05, 4.69) is 76.2 Å². The van der Waals surface area contributed by atoms with Crippen LogP contribution < -0.4 is 5.32 Å². The van der Waals surface area contributed by atoms with E-state index in [1.54, 1.807) is 0 Å². The normalized spacial score (nSPS) is 11.2. The number of rotatable bonds is 4. The van der Waals surface area contributed by atoms with Gasteiger partial charge in [-0.25, -0.2) is 9.97 Å². The fourth-order valence-electron chi connectivity index (χ4n) is 3.76. The summed E-state index contributed by atoms with van der Waals surface area (Å²) < 4.78 is 4.07. The van der Waals surface area contributed by atoms with E-state index in [0.717, 1.165) is 45.2 Å². The van der Waals surface area contributed by atoms with Gasteiger partial charge in [-0.1, -0.05) is 36.4 Å². The number of nitrogens with zero attached hydrogens (tertiary/aromatic N) is 4. The van der Waals surface area contributed by atoms with Crippen molar-refractivity contribution in [2.45, 2.75) is 0 Å². The summed E-state index contributed by atoms with van der Waals surface area (Å²) in [7, 11) is 0. The summed E-state index contributed by atoms with van der Waals surface area (Å²) in [6.45, 7) is 0. The molecule has 0 unspecified atom stereocenters. The third-order valence-electron chi connectivity index (χ3n) is 5.38. The van der Waals surface area contributed by atoms with Crippen LogP contribution in [0.15, 0.2) is 110 Å². The molecule has 0 fully saturated rings. The fraction of sp³-hybridized carbons (Fsp3) is 0. The van der Waals surface area contributed by atoms with Crippen molar-refractivity contribution in [2.24, 2.45) is 0 Å². The highest BCUT2D eigenvalue weighted by Crippen LogP contribution is 2.25. The molecule has 0 amide bonds. The number of anilines is 2. The summed E-state index contributed by atoms with van der Waals surface area (Å²) in [5.74, 6) is 0. The van der Waals surface area contributed by atoms with Gasteiger partial charge in [-0.2, -0.15) is 0 Å². The van der Waals surface area contributed by atoms with Crippen LogP contribution in [0.5, 0.6) is 0 Å². The van der Waals surface area contributed by atoms with Gasteiger partial charge in [-0.15, -0.1) is 0 Å². The molecule has 31 heavy (non-hydrogen) atoms. The van der Waals surface area contributed by atoms with E-state index >= 15 is 0 Å². The Kier molecular flexibility index (Phi) is 4.03. The van der Waals surface area contributed by atoms with Crippen LogP contribution in [0, 0.1) is 0 Å². The van der Waals surface area contributed by atoms with Gasteiger partial charge in [0.05, 0.1) is 11.4 Å². The summed E-state index contributed by atoms with van der Waals surface area (Å²) in [5, 5.41) is 3.46. The van der Waals surface area contributed by atoms with Gasteiger partial charge in [-0.05, 0) is 48.5 Å². The molecule has 148 valence electrons. The Morgan fingerprint density at radius 1 is 0.516 bits per heavy atom. The maximum Gasteiger partial charge on any atom is 0.137 e. The number of imidazole rings is 2. The quantitative estimate of drug-likeness (QED) is 0.391. The largest absolute Gasteiger partial charge is 0.356 e. The zero-order valence-electron chi connectivity index (χ0n) is 16.7. The molecule has 6 aromatic rings. The van der Waals surface area contributed by atoms with E-state index in [-0.39, 0.29) is 0 Å². The maximum atomic E-state index is 4.69. The van der Waals surface area contributed by atoms with E-state index in [9.17, 15) is 0 Å². The molecule has 0 aliphatic carbocycles. The van der Waals surface area contributed by atoms with Crippen molar-refractivity contribution in [1.29, 1.82) is 0 Å². The van der Waals surface area contributed by atoms with Gasteiger partial charge < -0.3 is 14.1 Å². The second-order valence-electron chi connectivity index (χ2n) is 7.46. The van der Waals surface area contributed by atoms with Gasteiger partial charge in [0, 0.05) is 47.3 Å². The van der Waals surface area contributed by atoms with Crippen LogP contribution in [0.2, 0.25) is 0 Å². The third kappa shape index (κ3) is 3.32. The number of benzene rings is 2. The van der Waals surface area contributed by atoms with E-state index < -0.39 is 0 Å². The Balaban J connectivity index is 1.20. The lowest BCUT2D eigenvalue weighted by Gasteiger charge is -2.08. The molecule has 0 atom stereocenters. The maximum absolute atomic E-state index is 4.69. The number of aromatic nitrogens is 4. The molecule has 6 rings (SSSR count). The molecule has 4 aromatic heterocycles. The molecule has 0 spiro atoms. The fourth-order valence-corrected chi connectivity index (χ4v) is 3.76. The first-order valence-electron chi connectivity index (χ1n) is 10.2. The first-order valence-corrected chi connectivity index (χ1v) is 10.2. The third-order valence-corrected chi connectivity index (χ3v) is 5.38. The summed E-state index contributed by atoms with van der Waals surface area (Å²) in [6.07, 6.45) is 8.13. The van der Waals surface area contributed by atoms with Gasteiger partial charge in [0.1, 0.15) is 11.3 Å². The Morgan fingerprint density at radius 2 is 0.968 bits per heavy atom. The predicted octanol–water partition coefficient (Wildman–Crippen LogP) is 6.06. The van der Waals surface area contributed by atoms with Gasteiger partial charge in [0.2, 0.25) is 0 Å². The molecule has 5 nitrogen and oxygen atoms in total. The number of nitrogens with one attached hydrogen (secondary N) is 1. The van der Waals surface area contributed by atoms with Crippen molar-refractivity contribution < 1.29 is 0 Å². The van der Waals surface area contributed by atoms with E-state index in [4.69, 9.17) is 0 Å². The van der Waals surface area contributed by atoms with Crippen LogP contribution in [0.4, 0.5) is 11.4 Å². The first kappa shape index (κ1) is 17.5. The molecular weight excluding hydrogens is 382 g/mol. The Bertz CT molecular complexity index is 1310. The van der Waals surface area contributed by atoms with Gasteiger partial charge >= 0.3 is 0 Å². The zero-order valence-corrected chi connectivity index (χ0v) is 16.7. The molecule has 0 saturated heterocycles. The highest BCUT2D eigenvalue weighted by Gasteiger charge is 2.06. The smallest absolute Gasteiger partial charge is 0.137 e. The van der Waals surface area contributed by atoms with Gasteiger partial charge in [0.15, 0.2) is 0 Å². The Hall–Kier alpha value is -4.38. The lowest BCUT2D eigenvalue weighted by Crippen LogP contribution is -1.90. The van der Waals surface area contributed by atoms with Crippen molar-refractivity contribution >= 4 is 22.7 Å². The van der Waals surface area contributed by atoms with E-state index in [1.807, 2.05) is 57.6 Å². The minimum Gasteiger partial charge on any atom is -0.356 e.